The molecule has 1 aromatic carbocycles. The Morgan fingerprint density at radius 3 is 2.06 bits per heavy atom. The molecule has 0 nitrogen and oxygen atoms in total. The van der Waals surface area contributed by atoms with Gasteiger partial charge in [-0.2, -0.15) is 0 Å². The van der Waals surface area contributed by atoms with Crippen LogP contribution in [0.5, 0.6) is 0 Å². The molecule has 0 aliphatic carbocycles. The highest BCUT2D eigenvalue weighted by molar-refractivity contribution is 5.23. The van der Waals surface area contributed by atoms with Gasteiger partial charge in [0.15, 0.2) is 0 Å². The second-order valence-corrected chi connectivity index (χ2v) is 4.34. The second kappa shape index (κ2) is 8.15. The molecule has 0 aliphatic rings. The molecule has 0 aromatic heterocycles. The lowest BCUT2D eigenvalue weighted by Gasteiger charge is -2.02. The summed E-state index contributed by atoms with van der Waals surface area (Å²) >= 11 is 0. The maximum absolute atomic E-state index is 2.29. The molecule has 0 radical (unpaired) electrons. The summed E-state index contributed by atoms with van der Waals surface area (Å²) in [6.07, 6.45) is 11.8. The van der Waals surface area contributed by atoms with Crippen molar-refractivity contribution in [2.45, 2.75) is 52.4 Å². The average Bonchev–Trinajstić information content (AvgIpc) is 2.33. The molecule has 88 valence electrons. The molecule has 1 aromatic rings. The van der Waals surface area contributed by atoms with Crippen molar-refractivity contribution in [3.8, 4) is 0 Å². The fourth-order valence-electron chi connectivity index (χ4n) is 1.79. The SMILES string of the molecule is CC/C=C/CCc1ccc(CCCC)cc1. The van der Waals surface area contributed by atoms with E-state index in [0.717, 1.165) is 6.42 Å². The highest BCUT2D eigenvalue weighted by Gasteiger charge is 1.94. The van der Waals surface area contributed by atoms with Crippen LogP contribution in [0.15, 0.2) is 36.4 Å². The number of unbranched alkanes of at least 4 members (excludes halogenated alkanes) is 1. The van der Waals surface area contributed by atoms with E-state index in [1.54, 1.807) is 0 Å². The minimum absolute atomic E-state index is 1.15. The van der Waals surface area contributed by atoms with E-state index in [9.17, 15) is 0 Å². The minimum atomic E-state index is 1.15. The first kappa shape index (κ1) is 13.0. The lowest BCUT2D eigenvalue weighted by atomic mass is 10.0. The molecule has 16 heavy (non-hydrogen) atoms. The van der Waals surface area contributed by atoms with Crippen LogP contribution < -0.4 is 0 Å². The van der Waals surface area contributed by atoms with Crippen molar-refractivity contribution < 1.29 is 0 Å². The molecule has 0 bridgehead atoms. The van der Waals surface area contributed by atoms with Gasteiger partial charge in [0.1, 0.15) is 0 Å². The van der Waals surface area contributed by atoms with E-state index in [1.807, 2.05) is 0 Å². The van der Waals surface area contributed by atoms with E-state index in [1.165, 1.54) is 43.2 Å². The molecular formula is C16H24. The van der Waals surface area contributed by atoms with Crippen LogP contribution in [0.2, 0.25) is 0 Å². The number of hydrogen-bond acceptors (Lipinski definition) is 0. The fourth-order valence-corrected chi connectivity index (χ4v) is 1.79. The first-order valence-corrected chi connectivity index (χ1v) is 6.59. The summed E-state index contributed by atoms with van der Waals surface area (Å²) in [5.41, 5.74) is 2.94. The van der Waals surface area contributed by atoms with Gasteiger partial charge in [-0.05, 0) is 43.2 Å². The Labute approximate surface area is 100 Å². The Kier molecular flexibility index (Phi) is 6.64. The number of benzene rings is 1. The van der Waals surface area contributed by atoms with Gasteiger partial charge in [-0.25, -0.2) is 0 Å². The smallest absolute Gasteiger partial charge is 0.0244 e. The van der Waals surface area contributed by atoms with Gasteiger partial charge >= 0.3 is 0 Å². The van der Waals surface area contributed by atoms with Crippen LogP contribution in [-0.2, 0) is 12.8 Å². The van der Waals surface area contributed by atoms with Gasteiger partial charge in [0.2, 0.25) is 0 Å². The van der Waals surface area contributed by atoms with E-state index >= 15 is 0 Å². The van der Waals surface area contributed by atoms with Crippen molar-refractivity contribution in [1.82, 2.24) is 0 Å². The Morgan fingerprint density at radius 2 is 1.50 bits per heavy atom. The van der Waals surface area contributed by atoms with E-state index in [0.29, 0.717) is 0 Å². The molecule has 0 heteroatoms. The monoisotopic (exact) mass is 216 g/mol. The van der Waals surface area contributed by atoms with Gasteiger partial charge in [-0.3, -0.25) is 0 Å². The third kappa shape index (κ3) is 5.16. The fraction of sp³-hybridized carbons (Fsp3) is 0.500. The van der Waals surface area contributed by atoms with E-state index in [2.05, 4.69) is 50.3 Å². The molecule has 0 atom stereocenters. The summed E-state index contributed by atoms with van der Waals surface area (Å²) in [4.78, 5) is 0. The van der Waals surface area contributed by atoms with Crippen LogP contribution in [0.1, 0.15) is 50.7 Å². The Hall–Kier alpha value is -1.04. The largest absolute Gasteiger partial charge is 0.0888 e. The number of allylic oxidation sites excluding steroid dienone is 2. The van der Waals surface area contributed by atoms with E-state index < -0.39 is 0 Å². The maximum atomic E-state index is 2.29. The normalized spacial score (nSPS) is 11.1. The molecular weight excluding hydrogens is 192 g/mol. The standard InChI is InChI=1S/C16H24/c1-3-5-7-8-10-16-13-11-15(12-14-16)9-6-4-2/h5,7,11-14H,3-4,6,8-10H2,1-2H3/b7-5+. The Balaban J connectivity index is 2.36. The molecule has 1 rings (SSSR count). The van der Waals surface area contributed by atoms with Crippen molar-refractivity contribution >= 4 is 0 Å². The zero-order valence-corrected chi connectivity index (χ0v) is 10.7. The van der Waals surface area contributed by atoms with Gasteiger partial charge in [0.05, 0.1) is 0 Å². The summed E-state index contributed by atoms with van der Waals surface area (Å²) in [6.45, 7) is 4.42. The Morgan fingerprint density at radius 1 is 0.875 bits per heavy atom. The molecule has 0 fully saturated rings. The van der Waals surface area contributed by atoms with Gasteiger partial charge in [0, 0.05) is 0 Å². The first-order chi connectivity index (χ1) is 7.86. The predicted octanol–water partition coefficient (Wildman–Crippen LogP) is 4.93. The van der Waals surface area contributed by atoms with Crippen LogP contribution in [0.25, 0.3) is 0 Å². The summed E-state index contributed by atoms with van der Waals surface area (Å²) in [5, 5.41) is 0. The summed E-state index contributed by atoms with van der Waals surface area (Å²) in [6, 6.07) is 9.14. The number of rotatable bonds is 7. The molecule has 0 unspecified atom stereocenters. The van der Waals surface area contributed by atoms with Crippen LogP contribution in [0.4, 0.5) is 0 Å². The van der Waals surface area contributed by atoms with Crippen LogP contribution in [0.3, 0.4) is 0 Å². The highest BCUT2D eigenvalue weighted by atomic mass is 14.0. The van der Waals surface area contributed by atoms with Gasteiger partial charge < -0.3 is 0 Å². The third-order valence-corrected chi connectivity index (χ3v) is 2.84. The predicted molar refractivity (Wildman–Crippen MR) is 72.8 cm³/mol. The van der Waals surface area contributed by atoms with Crippen molar-refractivity contribution in [3.05, 3.63) is 47.5 Å². The minimum Gasteiger partial charge on any atom is -0.0888 e. The van der Waals surface area contributed by atoms with Gasteiger partial charge in [-0.1, -0.05) is 56.7 Å². The highest BCUT2D eigenvalue weighted by Crippen LogP contribution is 2.09. The van der Waals surface area contributed by atoms with Crippen LogP contribution in [-0.4, -0.2) is 0 Å². The first-order valence-electron chi connectivity index (χ1n) is 6.59. The zero-order chi connectivity index (χ0) is 11.6. The van der Waals surface area contributed by atoms with E-state index in [-0.39, 0.29) is 0 Å². The molecule has 0 amide bonds. The van der Waals surface area contributed by atoms with E-state index in [4.69, 9.17) is 0 Å². The second-order valence-electron chi connectivity index (χ2n) is 4.34. The summed E-state index contributed by atoms with van der Waals surface area (Å²) < 4.78 is 0. The van der Waals surface area contributed by atoms with Crippen molar-refractivity contribution in [2.24, 2.45) is 0 Å². The maximum Gasteiger partial charge on any atom is -0.0244 e. The van der Waals surface area contributed by atoms with Gasteiger partial charge in [0.25, 0.3) is 0 Å². The van der Waals surface area contributed by atoms with Crippen molar-refractivity contribution in [1.29, 1.82) is 0 Å². The van der Waals surface area contributed by atoms with Crippen molar-refractivity contribution in [3.63, 3.8) is 0 Å². The average molecular weight is 216 g/mol. The molecule has 0 heterocycles. The lowest BCUT2D eigenvalue weighted by Crippen LogP contribution is -1.87. The van der Waals surface area contributed by atoms with Crippen LogP contribution in [0, 0.1) is 0 Å². The van der Waals surface area contributed by atoms with Gasteiger partial charge in [-0.15, -0.1) is 0 Å². The number of hydrogen-bond donors (Lipinski definition) is 0. The molecule has 0 saturated carbocycles. The summed E-state index contributed by atoms with van der Waals surface area (Å²) in [5.74, 6) is 0. The Bertz CT molecular complexity index is 292. The molecule has 0 N–H and O–H groups in total. The zero-order valence-electron chi connectivity index (χ0n) is 10.7. The molecule has 0 saturated heterocycles. The lowest BCUT2D eigenvalue weighted by molar-refractivity contribution is 0.794. The third-order valence-electron chi connectivity index (χ3n) is 2.84. The molecule has 0 spiro atoms. The number of aryl methyl sites for hydroxylation is 2. The molecule has 0 aliphatic heterocycles. The summed E-state index contributed by atoms with van der Waals surface area (Å²) in [7, 11) is 0. The topological polar surface area (TPSA) is 0 Å². The van der Waals surface area contributed by atoms with Crippen LogP contribution >= 0.6 is 0 Å². The van der Waals surface area contributed by atoms with Crippen molar-refractivity contribution in [2.75, 3.05) is 0 Å². The quantitative estimate of drug-likeness (QED) is 0.567.